The molecule has 2 rings (SSSR count). The minimum atomic E-state index is 0.0791. The molecule has 0 aliphatic carbocycles. The van der Waals surface area contributed by atoms with Crippen LogP contribution in [0.5, 0.6) is 0 Å². The average molecular weight is 234 g/mol. The summed E-state index contributed by atoms with van der Waals surface area (Å²) in [6.07, 6.45) is 0.451. The maximum absolute atomic E-state index is 11.8. The van der Waals surface area contributed by atoms with Crippen LogP contribution in [0, 0.1) is 5.92 Å². The van der Waals surface area contributed by atoms with Crippen LogP contribution in [-0.2, 0) is 11.3 Å². The van der Waals surface area contributed by atoms with Crippen LogP contribution in [0.25, 0.3) is 0 Å². The van der Waals surface area contributed by atoms with E-state index in [4.69, 9.17) is 5.11 Å². The first kappa shape index (κ1) is 12.1. The van der Waals surface area contributed by atoms with Gasteiger partial charge in [0.15, 0.2) is 0 Å². The van der Waals surface area contributed by atoms with Gasteiger partial charge in [0.1, 0.15) is 0 Å². The van der Waals surface area contributed by atoms with Gasteiger partial charge < -0.3 is 15.3 Å². The highest BCUT2D eigenvalue weighted by atomic mass is 16.3. The topological polar surface area (TPSA) is 52.6 Å². The Morgan fingerprint density at radius 1 is 1.53 bits per heavy atom. The van der Waals surface area contributed by atoms with Gasteiger partial charge in [-0.25, -0.2) is 0 Å². The molecule has 1 atom stereocenters. The molecule has 0 radical (unpaired) electrons. The molecule has 17 heavy (non-hydrogen) atoms. The number of aliphatic hydroxyl groups is 1. The molecule has 92 valence electrons. The number of anilines is 1. The molecule has 1 aliphatic rings. The summed E-state index contributed by atoms with van der Waals surface area (Å²) < 4.78 is 0. The highest BCUT2D eigenvalue weighted by molar-refractivity contribution is 5.95. The minimum absolute atomic E-state index is 0.0791. The SMILES string of the molecule is CNCc1cccc(N2CC(CO)CC2=O)c1. The van der Waals surface area contributed by atoms with Gasteiger partial charge in [-0.3, -0.25) is 4.79 Å². The van der Waals surface area contributed by atoms with Crippen LogP contribution >= 0.6 is 0 Å². The summed E-state index contributed by atoms with van der Waals surface area (Å²) in [4.78, 5) is 13.6. The summed E-state index contributed by atoms with van der Waals surface area (Å²) in [7, 11) is 1.90. The molecule has 1 unspecified atom stereocenters. The zero-order chi connectivity index (χ0) is 12.3. The first-order valence-electron chi connectivity index (χ1n) is 5.89. The second-order valence-corrected chi connectivity index (χ2v) is 4.46. The highest BCUT2D eigenvalue weighted by Crippen LogP contribution is 2.25. The van der Waals surface area contributed by atoms with Crippen LogP contribution in [0.1, 0.15) is 12.0 Å². The van der Waals surface area contributed by atoms with E-state index in [0.717, 1.165) is 17.8 Å². The molecule has 0 bridgehead atoms. The first-order valence-corrected chi connectivity index (χ1v) is 5.89. The normalized spacial score (nSPS) is 20.0. The van der Waals surface area contributed by atoms with Crippen LogP contribution in [-0.4, -0.2) is 31.2 Å². The van der Waals surface area contributed by atoms with Gasteiger partial charge in [0.2, 0.25) is 5.91 Å². The summed E-state index contributed by atoms with van der Waals surface area (Å²) in [6.45, 7) is 1.50. The van der Waals surface area contributed by atoms with E-state index < -0.39 is 0 Å². The lowest BCUT2D eigenvalue weighted by molar-refractivity contribution is -0.117. The van der Waals surface area contributed by atoms with E-state index in [9.17, 15) is 4.79 Å². The van der Waals surface area contributed by atoms with Crippen molar-refractivity contribution in [1.82, 2.24) is 5.32 Å². The molecule has 1 fully saturated rings. The predicted molar refractivity (Wildman–Crippen MR) is 66.8 cm³/mol. The van der Waals surface area contributed by atoms with E-state index in [1.807, 2.05) is 31.3 Å². The molecule has 1 aromatic carbocycles. The van der Waals surface area contributed by atoms with E-state index in [1.165, 1.54) is 0 Å². The number of carbonyl (C=O) groups excluding carboxylic acids is 1. The molecule has 0 aromatic heterocycles. The van der Waals surface area contributed by atoms with Gasteiger partial charge in [-0.1, -0.05) is 12.1 Å². The zero-order valence-corrected chi connectivity index (χ0v) is 10.0. The van der Waals surface area contributed by atoms with Crippen molar-refractivity contribution in [2.45, 2.75) is 13.0 Å². The van der Waals surface area contributed by atoms with Crippen molar-refractivity contribution in [2.24, 2.45) is 5.92 Å². The smallest absolute Gasteiger partial charge is 0.227 e. The van der Waals surface area contributed by atoms with E-state index >= 15 is 0 Å². The summed E-state index contributed by atoms with van der Waals surface area (Å²) in [5, 5.41) is 12.2. The fourth-order valence-corrected chi connectivity index (χ4v) is 2.19. The number of nitrogens with one attached hydrogen (secondary N) is 1. The number of benzene rings is 1. The Balaban J connectivity index is 2.16. The largest absolute Gasteiger partial charge is 0.396 e. The lowest BCUT2D eigenvalue weighted by Crippen LogP contribution is -2.25. The van der Waals surface area contributed by atoms with E-state index in [2.05, 4.69) is 5.32 Å². The standard InChI is InChI=1S/C13H18N2O2/c1-14-7-10-3-2-4-12(5-10)15-8-11(9-16)6-13(15)17/h2-5,11,14,16H,6-9H2,1H3. The fourth-order valence-electron chi connectivity index (χ4n) is 2.19. The minimum Gasteiger partial charge on any atom is -0.396 e. The first-order chi connectivity index (χ1) is 8.24. The molecule has 1 amide bonds. The molecular formula is C13H18N2O2. The van der Waals surface area contributed by atoms with Crippen molar-refractivity contribution in [3.8, 4) is 0 Å². The van der Waals surface area contributed by atoms with Crippen molar-refractivity contribution in [2.75, 3.05) is 25.1 Å². The van der Waals surface area contributed by atoms with E-state index in [0.29, 0.717) is 13.0 Å². The van der Waals surface area contributed by atoms with Crippen LogP contribution < -0.4 is 10.2 Å². The predicted octanol–water partition coefficient (Wildman–Crippen LogP) is 0.751. The van der Waals surface area contributed by atoms with Gasteiger partial charge in [-0.05, 0) is 24.7 Å². The molecule has 1 aromatic rings. The number of carbonyl (C=O) groups is 1. The van der Waals surface area contributed by atoms with Crippen LogP contribution in [0.15, 0.2) is 24.3 Å². The summed E-state index contributed by atoms with van der Waals surface area (Å²) in [5.74, 6) is 0.182. The Bertz CT molecular complexity index is 406. The van der Waals surface area contributed by atoms with Gasteiger partial charge in [-0.15, -0.1) is 0 Å². The maximum atomic E-state index is 11.8. The Labute approximate surface area is 101 Å². The maximum Gasteiger partial charge on any atom is 0.227 e. The van der Waals surface area contributed by atoms with Gasteiger partial charge >= 0.3 is 0 Å². The van der Waals surface area contributed by atoms with Crippen LogP contribution in [0.3, 0.4) is 0 Å². The molecule has 2 N–H and O–H groups in total. The van der Waals surface area contributed by atoms with Crippen LogP contribution in [0.2, 0.25) is 0 Å². The van der Waals surface area contributed by atoms with E-state index in [-0.39, 0.29) is 18.4 Å². The quantitative estimate of drug-likeness (QED) is 0.808. The summed E-state index contributed by atoms with van der Waals surface area (Å²) >= 11 is 0. The number of rotatable bonds is 4. The third-order valence-electron chi connectivity index (χ3n) is 3.07. The van der Waals surface area contributed by atoms with Crippen molar-refractivity contribution in [1.29, 1.82) is 0 Å². The second-order valence-electron chi connectivity index (χ2n) is 4.46. The third kappa shape index (κ3) is 2.65. The Kier molecular flexibility index (Phi) is 3.76. The van der Waals surface area contributed by atoms with Crippen molar-refractivity contribution >= 4 is 11.6 Å². The molecule has 0 saturated carbocycles. The number of hydrogen-bond donors (Lipinski definition) is 2. The summed E-state index contributed by atoms with van der Waals surface area (Å²) in [5.41, 5.74) is 2.09. The lowest BCUT2D eigenvalue weighted by atomic mass is 10.1. The Morgan fingerprint density at radius 3 is 3.00 bits per heavy atom. The molecule has 4 heteroatoms. The molecule has 4 nitrogen and oxygen atoms in total. The van der Waals surface area contributed by atoms with Crippen molar-refractivity contribution < 1.29 is 9.90 Å². The third-order valence-corrected chi connectivity index (χ3v) is 3.07. The number of aliphatic hydroxyl groups excluding tert-OH is 1. The number of amides is 1. The van der Waals surface area contributed by atoms with Crippen LogP contribution in [0.4, 0.5) is 5.69 Å². The average Bonchev–Trinajstić information content (AvgIpc) is 2.71. The van der Waals surface area contributed by atoms with Gasteiger partial charge in [0.05, 0.1) is 0 Å². The second kappa shape index (κ2) is 5.29. The van der Waals surface area contributed by atoms with Crippen molar-refractivity contribution in [3.63, 3.8) is 0 Å². The monoisotopic (exact) mass is 234 g/mol. The van der Waals surface area contributed by atoms with Gasteiger partial charge in [0, 0.05) is 37.7 Å². The summed E-state index contributed by atoms with van der Waals surface area (Å²) in [6, 6.07) is 7.95. The van der Waals surface area contributed by atoms with Gasteiger partial charge in [-0.2, -0.15) is 0 Å². The highest BCUT2D eigenvalue weighted by Gasteiger charge is 2.29. The Hall–Kier alpha value is -1.39. The Morgan fingerprint density at radius 2 is 2.35 bits per heavy atom. The van der Waals surface area contributed by atoms with E-state index in [1.54, 1.807) is 4.90 Å². The molecular weight excluding hydrogens is 216 g/mol. The lowest BCUT2D eigenvalue weighted by Gasteiger charge is -2.17. The van der Waals surface area contributed by atoms with Crippen molar-refractivity contribution in [3.05, 3.63) is 29.8 Å². The molecule has 1 heterocycles. The zero-order valence-electron chi connectivity index (χ0n) is 10.0. The van der Waals surface area contributed by atoms with Gasteiger partial charge in [0.25, 0.3) is 0 Å². The molecule has 0 spiro atoms. The number of nitrogens with zero attached hydrogens (tertiary/aromatic N) is 1. The molecule has 1 saturated heterocycles. The number of hydrogen-bond acceptors (Lipinski definition) is 3. The fraction of sp³-hybridized carbons (Fsp3) is 0.462. The molecule has 1 aliphatic heterocycles.